The first-order valence-corrected chi connectivity index (χ1v) is 6.80. The topological polar surface area (TPSA) is 72.2 Å². The average Bonchev–Trinajstić information content (AvgIpc) is 2.93. The molecule has 0 saturated carbocycles. The highest BCUT2D eigenvalue weighted by Gasteiger charge is 2.18. The van der Waals surface area contributed by atoms with Gasteiger partial charge in [0.25, 0.3) is 11.7 Å². The summed E-state index contributed by atoms with van der Waals surface area (Å²) < 4.78 is 15.2. The molecule has 1 amide bonds. The van der Waals surface area contributed by atoms with Crippen LogP contribution in [0.2, 0.25) is 0 Å². The molecule has 3 aromatic rings. The van der Waals surface area contributed by atoms with Gasteiger partial charge in [-0.05, 0) is 26.0 Å². The molecule has 1 unspecified atom stereocenters. The summed E-state index contributed by atoms with van der Waals surface area (Å²) in [5.41, 5.74) is 1.23. The Kier molecular flexibility index (Phi) is 3.54. The Bertz CT molecular complexity index is 845. The number of carbonyl (C=O) groups is 1. The maximum atomic E-state index is 13.7. The summed E-state index contributed by atoms with van der Waals surface area (Å²) in [7, 11) is 0. The molecule has 22 heavy (non-hydrogen) atoms. The van der Waals surface area contributed by atoms with Crippen molar-refractivity contribution < 1.29 is 9.18 Å². The van der Waals surface area contributed by atoms with Crippen LogP contribution in [-0.4, -0.2) is 25.5 Å². The van der Waals surface area contributed by atoms with Crippen LogP contribution in [0.25, 0.3) is 5.78 Å². The Balaban J connectivity index is 1.84. The summed E-state index contributed by atoms with van der Waals surface area (Å²) in [5, 5.41) is 6.81. The van der Waals surface area contributed by atoms with Crippen molar-refractivity contribution in [3.63, 3.8) is 0 Å². The lowest BCUT2D eigenvalue weighted by Crippen LogP contribution is -2.28. The van der Waals surface area contributed by atoms with E-state index in [-0.39, 0.29) is 11.6 Å². The van der Waals surface area contributed by atoms with E-state index < -0.39 is 11.9 Å². The fraction of sp³-hybridized carbons (Fsp3) is 0.200. The van der Waals surface area contributed by atoms with Crippen molar-refractivity contribution >= 4 is 11.7 Å². The lowest BCUT2D eigenvalue weighted by molar-refractivity contribution is 0.0929. The summed E-state index contributed by atoms with van der Waals surface area (Å²) in [4.78, 5) is 20.3. The van der Waals surface area contributed by atoms with E-state index in [0.29, 0.717) is 11.3 Å². The molecule has 0 saturated heterocycles. The Morgan fingerprint density at radius 2 is 2.09 bits per heavy atom. The molecule has 6 nitrogen and oxygen atoms in total. The van der Waals surface area contributed by atoms with Crippen molar-refractivity contribution in [3.8, 4) is 0 Å². The largest absolute Gasteiger partial charge is 0.343 e. The fourth-order valence-corrected chi connectivity index (χ4v) is 2.17. The number of nitrogens with one attached hydrogen (secondary N) is 1. The number of nitrogens with zero attached hydrogens (tertiary/aromatic N) is 4. The highest BCUT2D eigenvalue weighted by molar-refractivity contribution is 5.91. The van der Waals surface area contributed by atoms with Gasteiger partial charge in [0.15, 0.2) is 0 Å². The monoisotopic (exact) mass is 299 g/mol. The summed E-state index contributed by atoms with van der Waals surface area (Å²) in [5.74, 6) is -0.481. The van der Waals surface area contributed by atoms with E-state index in [9.17, 15) is 9.18 Å². The molecule has 0 aliphatic carbocycles. The van der Waals surface area contributed by atoms with E-state index in [1.165, 1.54) is 10.6 Å². The number of aryl methyl sites for hydroxylation is 1. The molecule has 2 heterocycles. The standard InChI is InChI=1S/C15H14FN5O/c1-9-7-8-17-15-19-13(20-21(9)15)14(22)18-10(2)11-5-3-4-6-12(11)16/h3-8,10H,1-2H3,(H,18,22). The third kappa shape index (κ3) is 2.52. The molecule has 7 heteroatoms. The molecular formula is C15H14FN5O. The number of hydrogen-bond donors (Lipinski definition) is 1. The predicted octanol–water partition coefficient (Wildman–Crippen LogP) is 2.06. The van der Waals surface area contributed by atoms with Crippen LogP contribution in [0.1, 0.15) is 34.8 Å². The van der Waals surface area contributed by atoms with Crippen LogP contribution >= 0.6 is 0 Å². The van der Waals surface area contributed by atoms with E-state index >= 15 is 0 Å². The first-order chi connectivity index (χ1) is 10.6. The summed E-state index contributed by atoms with van der Waals surface area (Å²) >= 11 is 0. The molecule has 1 aromatic carbocycles. The predicted molar refractivity (Wildman–Crippen MR) is 77.8 cm³/mol. The SMILES string of the molecule is Cc1ccnc2nc(C(=O)NC(C)c3ccccc3F)nn12. The second-order valence-corrected chi connectivity index (χ2v) is 4.95. The Morgan fingerprint density at radius 3 is 2.82 bits per heavy atom. The Labute approximate surface area is 126 Å². The van der Waals surface area contributed by atoms with Gasteiger partial charge in [-0.1, -0.05) is 18.2 Å². The number of halogens is 1. The van der Waals surface area contributed by atoms with Gasteiger partial charge in [-0.25, -0.2) is 13.9 Å². The molecule has 0 spiro atoms. The van der Waals surface area contributed by atoms with Crippen molar-refractivity contribution in [2.75, 3.05) is 0 Å². The highest BCUT2D eigenvalue weighted by atomic mass is 19.1. The zero-order valence-corrected chi connectivity index (χ0v) is 12.1. The number of fused-ring (bicyclic) bond motifs is 1. The van der Waals surface area contributed by atoms with Crippen LogP contribution in [0.3, 0.4) is 0 Å². The second-order valence-electron chi connectivity index (χ2n) is 4.95. The van der Waals surface area contributed by atoms with Crippen LogP contribution in [0.4, 0.5) is 4.39 Å². The van der Waals surface area contributed by atoms with Gasteiger partial charge in [0, 0.05) is 17.5 Å². The minimum absolute atomic E-state index is 0.00462. The number of hydrogen-bond acceptors (Lipinski definition) is 4. The van der Waals surface area contributed by atoms with E-state index in [1.54, 1.807) is 37.4 Å². The fourth-order valence-electron chi connectivity index (χ4n) is 2.17. The molecule has 3 rings (SSSR count). The molecule has 2 aromatic heterocycles. The minimum atomic E-state index is -0.491. The van der Waals surface area contributed by atoms with E-state index in [0.717, 1.165) is 5.69 Å². The van der Waals surface area contributed by atoms with Gasteiger partial charge in [-0.3, -0.25) is 4.79 Å². The van der Waals surface area contributed by atoms with Gasteiger partial charge >= 0.3 is 0 Å². The summed E-state index contributed by atoms with van der Waals surface area (Å²) in [6.45, 7) is 3.54. The number of rotatable bonds is 3. The van der Waals surface area contributed by atoms with Crippen molar-refractivity contribution in [2.45, 2.75) is 19.9 Å². The van der Waals surface area contributed by atoms with Crippen LogP contribution in [-0.2, 0) is 0 Å². The van der Waals surface area contributed by atoms with Gasteiger partial charge in [-0.2, -0.15) is 4.98 Å². The summed E-state index contributed by atoms with van der Waals surface area (Å²) in [6.07, 6.45) is 1.60. The molecule has 0 bridgehead atoms. The highest BCUT2D eigenvalue weighted by Crippen LogP contribution is 2.16. The minimum Gasteiger partial charge on any atom is -0.343 e. The Morgan fingerprint density at radius 1 is 1.32 bits per heavy atom. The third-order valence-corrected chi connectivity index (χ3v) is 3.35. The summed E-state index contributed by atoms with van der Waals surface area (Å²) in [6, 6.07) is 7.58. The first kappa shape index (κ1) is 14.1. The quantitative estimate of drug-likeness (QED) is 0.803. The molecular weight excluding hydrogens is 285 g/mol. The van der Waals surface area contributed by atoms with Crippen molar-refractivity contribution in [3.05, 3.63) is 59.4 Å². The maximum absolute atomic E-state index is 13.7. The molecule has 1 N–H and O–H groups in total. The van der Waals surface area contributed by atoms with Crippen molar-refractivity contribution in [1.29, 1.82) is 0 Å². The van der Waals surface area contributed by atoms with Crippen LogP contribution in [0, 0.1) is 12.7 Å². The van der Waals surface area contributed by atoms with Gasteiger partial charge in [0.2, 0.25) is 5.82 Å². The first-order valence-electron chi connectivity index (χ1n) is 6.80. The second kappa shape index (κ2) is 5.51. The lowest BCUT2D eigenvalue weighted by atomic mass is 10.1. The molecule has 1 atom stereocenters. The lowest BCUT2D eigenvalue weighted by Gasteiger charge is -2.13. The zero-order chi connectivity index (χ0) is 15.7. The van der Waals surface area contributed by atoms with Crippen LogP contribution < -0.4 is 5.32 Å². The molecule has 112 valence electrons. The molecule has 0 aliphatic heterocycles. The number of amides is 1. The molecule has 0 aliphatic rings. The molecule has 0 fully saturated rings. The normalized spacial score (nSPS) is 12.3. The molecule has 0 radical (unpaired) electrons. The average molecular weight is 299 g/mol. The third-order valence-electron chi connectivity index (χ3n) is 3.35. The zero-order valence-electron chi connectivity index (χ0n) is 12.1. The number of benzene rings is 1. The van der Waals surface area contributed by atoms with Gasteiger partial charge in [-0.15, -0.1) is 5.10 Å². The smallest absolute Gasteiger partial charge is 0.291 e. The van der Waals surface area contributed by atoms with Gasteiger partial charge in [0.1, 0.15) is 5.82 Å². The van der Waals surface area contributed by atoms with Gasteiger partial charge < -0.3 is 5.32 Å². The van der Waals surface area contributed by atoms with Crippen LogP contribution in [0.5, 0.6) is 0 Å². The van der Waals surface area contributed by atoms with Gasteiger partial charge in [0.05, 0.1) is 6.04 Å². The van der Waals surface area contributed by atoms with Crippen molar-refractivity contribution in [2.24, 2.45) is 0 Å². The van der Waals surface area contributed by atoms with E-state index in [2.05, 4.69) is 20.4 Å². The Hall–Kier alpha value is -2.83. The number of aromatic nitrogens is 4. The number of carbonyl (C=O) groups excluding carboxylic acids is 1. The van der Waals surface area contributed by atoms with Crippen LogP contribution in [0.15, 0.2) is 36.5 Å². The van der Waals surface area contributed by atoms with Crippen molar-refractivity contribution in [1.82, 2.24) is 24.9 Å². The maximum Gasteiger partial charge on any atom is 0.291 e. The van der Waals surface area contributed by atoms with E-state index in [4.69, 9.17) is 0 Å². The van der Waals surface area contributed by atoms with E-state index in [1.807, 2.05) is 6.92 Å².